The number of hydrogen-bond acceptors (Lipinski definition) is 6. The minimum Gasteiger partial charge on any atom is -0.394 e. The van der Waals surface area contributed by atoms with Crippen molar-refractivity contribution in [3.05, 3.63) is 0 Å². The predicted octanol–water partition coefficient (Wildman–Crippen LogP) is -0.774. The summed E-state index contributed by atoms with van der Waals surface area (Å²) in [7, 11) is 0. The highest BCUT2D eigenvalue weighted by Gasteiger charge is 2.48. The van der Waals surface area contributed by atoms with Crippen LogP contribution < -0.4 is 5.32 Å². The zero-order valence-corrected chi connectivity index (χ0v) is 11.3. The standard InChI is InChI=1S/C10H16F3NO5S/c1-2-20-8-5(14-9(18)10(11,12)13)7(17)6(16)4(3-15)19-8/h4-8,15-17H,2-3H2,1H3,(H,14,18)/t4-,5-,6-,7-,8+/m1/s1. The summed E-state index contributed by atoms with van der Waals surface area (Å²) in [6, 6.07) is -1.42. The highest BCUT2D eigenvalue weighted by molar-refractivity contribution is 7.99. The molecule has 4 N–H and O–H groups in total. The topological polar surface area (TPSA) is 99.0 Å². The van der Waals surface area contributed by atoms with Gasteiger partial charge in [0.25, 0.3) is 0 Å². The van der Waals surface area contributed by atoms with Gasteiger partial charge in [0, 0.05) is 0 Å². The molecule has 10 heteroatoms. The van der Waals surface area contributed by atoms with Gasteiger partial charge in [-0.2, -0.15) is 13.2 Å². The molecule has 0 aromatic carbocycles. The van der Waals surface area contributed by atoms with E-state index in [0.29, 0.717) is 5.75 Å². The van der Waals surface area contributed by atoms with Crippen LogP contribution in [0, 0.1) is 0 Å². The molecule has 1 saturated heterocycles. The molecular formula is C10H16F3NO5S. The Bertz CT molecular complexity index is 343. The molecule has 1 rings (SSSR count). The molecule has 0 spiro atoms. The Morgan fingerprint density at radius 1 is 1.35 bits per heavy atom. The second-order valence-corrected chi connectivity index (χ2v) is 5.53. The summed E-state index contributed by atoms with van der Waals surface area (Å²) in [6.45, 7) is 1.11. The van der Waals surface area contributed by atoms with E-state index in [0.717, 1.165) is 11.8 Å². The highest BCUT2D eigenvalue weighted by Crippen LogP contribution is 2.29. The average Bonchev–Trinajstić information content (AvgIpc) is 2.36. The lowest BCUT2D eigenvalue weighted by Gasteiger charge is -2.42. The number of carbonyl (C=O) groups excluding carboxylic acids is 1. The molecule has 20 heavy (non-hydrogen) atoms. The first-order valence-corrected chi connectivity index (χ1v) is 6.89. The van der Waals surface area contributed by atoms with E-state index in [1.54, 1.807) is 12.2 Å². The molecular weight excluding hydrogens is 303 g/mol. The Labute approximate surface area is 117 Å². The molecule has 0 aromatic rings. The number of aliphatic hydroxyl groups excluding tert-OH is 3. The first-order valence-electron chi connectivity index (χ1n) is 5.84. The van der Waals surface area contributed by atoms with Crippen molar-refractivity contribution >= 4 is 17.7 Å². The van der Waals surface area contributed by atoms with Gasteiger partial charge in [-0.3, -0.25) is 4.79 Å². The van der Waals surface area contributed by atoms with Gasteiger partial charge in [0.05, 0.1) is 12.6 Å². The zero-order valence-electron chi connectivity index (χ0n) is 10.5. The van der Waals surface area contributed by atoms with Crippen LogP contribution in [0.25, 0.3) is 0 Å². The third-order valence-corrected chi connectivity index (χ3v) is 3.83. The molecule has 0 saturated carbocycles. The van der Waals surface area contributed by atoms with Crippen LogP contribution in [0.5, 0.6) is 0 Å². The Balaban J connectivity index is 2.86. The number of rotatable bonds is 4. The normalized spacial score (nSPS) is 34.9. The summed E-state index contributed by atoms with van der Waals surface area (Å²) in [6.07, 6.45) is -9.48. The lowest BCUT2D eigenvalue weighted by molar-refractivity contribution is -0.189. The highest BCUT2D eigenvalue weighted by atomic mass is 32.2. The van der Waals surface area contributed by atoms with Crippen molar-refractivity contribution in [2.24, 2.45) is 0 Å². The number of carbonyl (C=O) groups is 1. The maximum atomic E-state index is 12.2. The Morgan fingerprint density at radius 3 is 2.40 bits per heavy atom. The van der Waals surface area contributed by atoms with Crippen LogP contribution in [0.3, 0.4) is 0 Å². The number of amides is 1. The van der Waals surface area contributed by atoms with Gasteiger partial charge < -0.3 is 25.4 Å². The number of halogens is 3. The van der Waals surface area contributed by atoms with E-state index in [9.17, 15) is 28.2 Å². The van der Waals surface area contributed by atoms with E-state index in [4.69, 9.17) is 9.84 Å². The first kappa shape index (κ1) is 17.5. The number of nitrogens with one attached hydrogen (secondary N) is 1. The van der Waals surface area contributed by atoms with Gasteiger partial charge >= 0.3 is 12.1 Å². The number of thioether (sulfide) groups is 1. The summed E-state index contributed by atoms with van der Waals surface area (Å²) in [5, 5.41) is 30.1. The molecule has 0 aromatic heterocycles. The molecule has 1 fully saturated rings. The summed E-state index contributed by atoms with van der Waals surface area (Å²) in [4.78, 5) is 10.9. The van der Waals surface area contributed by atoms with Gasteiger partial charge in [-0.1, -0.05) is 6.92 Å². The Kier molecular flexibility index (Phi) is 6.07. The smallest absolute Gasteiger partial charge is 0.394 e. The number of aliphatic hydroxyl groups is 3. The van der Waals surface area contributed by atoms with E-state index < -0.39 is 48.5 Å². The molecule has 0 aliphatic carbocycles. The van der Waals surface area contributed by atoms with Crippen molar-refractivity contribution in [2.45, 2.75) is 42.9 Å². The van der Waals surface area contributed by atoms with E-state index in [-0.39, 0.29) is 0 Å². The predicted molar refractivity (Wildman–Crippen MR) is 63.9 cm³/mol. The van der Waals surface area contributed by atoms with Gasteiger partial charge in [0.15, 0.2) is 0 Å². The van der Waals surface area contributed by atoms with E-state index >= 15 is 0 Å². The van der Waals surface area contributed by atoms with Crippen LogP contribution >= 0.6 is 11.8 Å². The van der Waals surface area contributed by atoms with Crippen molar-refractivity contribution in [1.82, 2.24) is 5.32 Å². The number of hydrogen-bond donors (Lipinski definition) is 4. The largest absolute Gasteiger partial charge is 0.471 e. The molecule has 0 radical (unpaired) electrons. The summed E-state index contributed by atoms with van der Waals surface area (Å²) < 4.78 is 41.9. The molecule has 5 atom stereocenters. The van der Waals surface area contributed by atoms with Crippen molar-refractivity contribution in [3.8, 4) is 0 Å². The van der Waals surface area contributed by atoms with Crippen molar-refractivity contribution in [3.63, 3.8) is 0 Å². The minimum absolute atomic E-state index is 0.448. The first-order chi connectivity index (χ1) is 9.22. The van der Waals surface area contributed by atoms with Crippen LogP contribution in [0.4, 0.5) is 13.2 Å². The maximum Gasteiger partial charge on any atom is 0.471 e. The van der Waals surface area contributed by atoms with Gasteiger partial charge in [-0.15, -0.1) is 11.8 Å². The third kappa shape index (κ3) is 3.98. The van der Waals surface area contributed by atoms with Crippen molar-refractivity contribution < 1.29 is 38.0 Å². The number of ether oxygens (including phenoxy) is 1. The lowest BCUT2D eigenvalue weighted by atomic mass is 9.98. The van der Waals surface area contributed by atoms with E-state index in [1.165, 1.54) is 0 Å². The quantitative estimate of drug-likeness (QED) is 0.543. The molecule has 0 bridgehead atoms. The second-order valence-electron chi connectivity index (χ2n) is 4.16. The molecule has 1 amide bonds. The number of alkyl halides is 3. The summed E-state index contributed by atoms with van der Waals surface area (Å²) in [5.74, 6) is -1.77. The van der Waals surface area contributed by atoms with Gasteiger partial charge in [0.2, 0.25) is 0 Å². The lowest BCUT2D eigenvalue weighted by Crippen LogP contribution is -2.64. The van der Waals surface area contributed by atoms with Crippen molar-refractivity contribution in [2.75, 3.05) is 12.4 Å². The second kappa shape index (κ2) is 6.94. The fourth-order valence-corrected chi connectivity index (χ4v) is 2.76. The third-order valence-electron chi connectivity index (χ3n) is 2.77. The summed E-state index contributed by atoms with van der Waals surface area (Å²) >= 11 is 1.05. The minimum atomic E-state index is -5.10. The van der Waals surface area contributed by atoms with Crippen LogP contribution in [0.1, 0.15) is 6.92 Å². The van der Waals surface area contributed by atoms with E-state index in [1.807, 2.05) is 0 Å². The van der Waals surface area contributed by atoms with Gasteiger partial charge in [-0.05, 0) is 5.75 Å². The zero-order chi connectivity index (χ0) is 15.5. The van der Waals surface area contributed by atoms with Gasteiger partial charge in [-0.25, -0.2) is 0 Å². The molecule has 6 nitrogen and oxygen atoms in total. The monoisotopic (exact) mass is 319 g/mol. The van der Waals surface area contributed by atoms with Crippen LogP contribution in [0.2, 0.25) is 0 Å². The molecule has 118 valence electrons. The molecule has 1 aliphatic rings. The van der Waals surface area contributed by atoms with Crippen LogP contribution in [0.15, 0.2) is 0 Å². The fraction of sp³-hybridized carbons (Fsp3) is 0.900. The molecule has 0 unspecified atom stereocenters. The van der Waals surface area contributed by atoms with Crippen molar-refractivity contribution in [1.29, 1.82) is 0 Å². The van der Waals surface area contributed by atoms with Crippen LogP contribution in [-0.2, 0) is 9.53 Å². The summed E-state index contributed by atoms with van der Waals surface area (Å²) in [5.41, 5.74) is -0.998. The van der Waals surface area contributed by atoms with Crippen LogP contribution in [-0.4, -0.2) is 69.6 Å². The fourth-order valence-electron chi connectivity index (χ4n) is 1.78. The maximum absolute atomic E-state index is 12.2. The molecule has 1 aliphatic heterocycles. The Morgan fingerprint density at radius 2 is 1.95 bits per heavy atom. The Hall–Kier alpha value is -0.550. The molecule has 1 heterocycles. The van der Waals surface area contributed by atoms with Gasteiger partial charge in [0.1, 0.15) is 23.7 Å². The SMILES string of the molecule is CCS[C@@H]1O[C@H](CO)[C@@H](O)[C@H](O)[C@H]1NC(=O)C(F)(F)F. The average molecular weight is 319 g/mol. The van der Waals surface area contributed by atoms with E-state index in [2.05, 4.69) is 0 Å².